The van der Waals surface area contributed by atoms with E-state index in [1.54, 1.807) is 0 Å². The maximum Gasteiger partial charge on any atom is 0.138 e. The van der Waals surface area contributed by atoms with Crippen molar-refractivity contribution in [2.45, 2.75) is 39.5 Å². The third-order valence-electron chi connectivity index (χ3n) is 2.87. The highest BCUT2D eigenvalue weighted by molar-refractivity contribution is 7.98. The molecule has 1 aromatic heterocycles. The van der Waals surface area contributed by atoms with E-state index in [2.05, 4.69) is 31.1 Å². The molecule has 2 heterocycles. The van der Waals surface area contributed by atoms with Crippen LogP contribution in [0.15, 0.2) is 0 Å². The molecule has 94 valence electrons. The maximum atomic E-state index is 4.70. The first-order valence-corrected chi connectivity index (χ1v) is 7.46. The molecule has 4 heteroatoms. The monoisotopic (exact) mass is 251 g/mol. The van der Waals surface area contributed by atoms with Gasteiger partial charge in [0.05, 0.1) is 11.4 Å². The van der Waals surface area contributed by atoms with Gasteiger partial charge in [-0.3, -0.25) is 0 Å². The minimum atomic E-state index is 0.739. The van der Waals surface area contributed by atoms with Gasteiger partial charge in [0.15, 0.2) is 0 Å². The summed E-state index contributed by atoms with van der Waals surface area (Å²) in [5.41, 5.74) is 3.73. The van der Waals surface area contributed by atoms with Crippen molar-refractivity contribution in [1.29, 1.82) is 0 Å². The Bertz CT molecular complexity index is 390. The van der Waals surface area contributed by atoms with Gasteiger partial charge in [0.2, 0.25) is 0 Å². The number of aromatic nitrogens is 2. The van der Waals surface area contributed by atoms with Crippen molar-refractivity contribution in [3.8, 4) is 0 Å². The SMILES string of the molecule is Cc1nc(CSCC(C)C)nc2c1CNCC2. The molecule has 0 bridgehead atoms. The standard InChI is InChI=1S/C13H21N3S/c1-9(2)7-17-8-13-15-10(3)11-6-14-5-4-12(11)16-13/h9,14H,4-8H2,1-3H3. The van der Waals surface area contributed by atoms with Crippen LogP contribution in [0.5, 0.6) is 0 Å². The summed E-state index contributed by atoms with van der Waals surface area (Å²) < 4.78 is 0. The van der Waals surface area contributed by atoms with Crippen LogP contribution in [-0.4, -0.2) is 22.3 Å². The van der Waals surface area contributed by atoms with Crippen LogP contribution in [0.2, 0.25) is 0 Å². The zero-order chi connectivity index (χ0) is 12.3. The number of nitrogens with zero attached hydrogens (tertiary/aromatic N) is 2. The average Bonchev–Trinajstić information content (AvgIpc) is 2.28. The molecule has 0 aliphatic carbocycles. The predicted octanol–water partition coefficient (Wildman–Crippen LogP) is 2.32. The van der Waals surface area contributed by atoms with Crippen LogP contribution in [0, 0.1) is 12.8 Å². The fourth-order valence-electron chi connectivity index (χ4n) is 2.03. The molecule has 0 saturated carbocycles. The first kappa shape index (κ1) is 12.8. The molecule has 1 aliphatic rings. The van der Waals surface area contributed by atoms with Gasteiger partial charge >= 0.3 is 0 Å². The Labute approximate surface area is 108 Å². The lowest BCUT2D eigenvalue weighted by molar-refractivity contribution is 0.617. The topological polar surface area (TPSA) is 37.8 Å². The maximum absolute atomic E-state index is 4.70. The normalized spacial score (nSPS) is 15.1. The number of rotatable bonds is 4. The molecule has 17 heavy (non-hydrogen) atoms. The lowest BCUT2D eigenvalue weighted by Gasteiger charge is -2.18. The van der Waals surface area contributed by atoms with Crippen LogP contribution >= 0.6 is 11.8 Å². The van der Waals surface area contributed by atoms with Gasteiger partial charge in [-0.2, -0.15) is 11.8 Å². The van der Waals surface area contributed by atoms with Gasteiger partial charge in [-0.1, -0.05) is 13.8 Å². The molecule has 0 radical (unpaired) electrons. The smallest absolute Gasteiger partial charge is 0.138 e. The van der Waals surface area contributed by atoms with E-state index in [1.165, 1.54) is 17.0 Å². The molecule has 0 unspecified atom stereocenters. The van der Waals surface area contributed by atoms with Crippen molar-refractivity contribution in [2.75, 3.05) is 12.3 Å². The summed E-state index contributed by atoms with van der Waals surface area (Å²) in [6.45, 7) is 8.57. The molecule has 0 fully saturated rings. The number of fused-ring (bicyclic) bond motifs is 1. The van der Waals surface area contributed by atoms with Crippen molar-refractivity contribution < 1.29 is 0 Å². The highest BCUT2D eigenvalue weighted by Gasteiger charge is 2.14. The van der Waals surface area contributed by atoms with Crippen LogP contribution in [0.25, 0.3) is 0 Å². The molecular weight excluding hydrogens is 230 g/mol. The lowest BCUT2D eigenvalue weighted by atomic mass is 10.1. The summed E-state index contributed by atoms with van der Waals surface area (Å²) >= 11 is 1.93. The van der Waals surface area contributed by atoms with Crippen LogP contribution in [0.4, 0.5) is 0 Å². The second-order valence-electron chi connectivity index (χ2n) is 4.99. The molecule has 1 aliphatic heterocycles. The fourth-order valence-corrected chi connectivity index (χ4v) is 2.93. The Morgan fingerprint density at radius 1 is 1.35 bits per heavy atom. The quantitative estimate of drug-likeness (QED) is 0.891. The molecule has 0 saturated heterocycles. The molecule has 0 aromatic carbocycles. The molecule has 0 spiro atoms. The summed E-state index contributed by atoms with van der Waals surface area (Å²) in [5.74, 6) is 3.87. The van der Waals surface area contributed by atoms with E-state index in [0.29, 0.717) is 0 Å². The first-order valence-electron chi connectivity index (χ1n) is 6.30. The summed E-state index contributed by atoms with van der Waals surface area (Å²) in [4.78, 5) is 9.31. The van der Waals surface area contributed by atoms with Gasteiger partial charge in [-0.05, 0) is 18.6 Å². The molecule has 0 amide bonds. The number of hydrogen-bond donors (Lipinski definition) is 1. The Balaban J connectivity index is 2.06. The summed E-state index contributed by atoms with van der Waals surface area (Å²) in [5, 5.41) is 3.37. The van der Waals surface area contributed by atoms with Crippen LogP contribution in [0.1, 0.15) is 36.6 Å². The van der Waals surface area contributed by atoms with Gasteiger partial charge in [-0.15, -0.1) is 0 Å². The highest BCUT2D eigenvalue weighted by atomic mass is 32.2. The summed E-state index contributed by atoms with van der Waals surface area (Å²) in [6.07, 6.45) is 1.04. The van der Waals surface area contributed by atoms with E-state index in [9.17, 15) is 0 Å². The van der Waals surface area contributed by atoms with Crippen molar-refractivity contribution in [3.05, 3.63) is 22.8 Å². The lowest BCUT2D eigenvalue weighted by Crippen LogP contribution is -2.26. The molecule has 1 aromatic rings. The van der Waals surface area contributed by atoms with E-state index >= 15 is 0 Å². The number of hydrogen-bond acceptors (Lipinski definition) is 4. The van der Waals surface area contributed by atoms with Crippen molar-refractivity contribution in [1.82, 2.24) is 15.3 Å². The number of nitrogens with one attached hydrogen (secondary N) is 1. The fraction of sp³-hybridized carbons (Fsp3) is 0.692. The minimum absolute atomic E-state index is 0.739. The largest absolute Gasteiger partial charge is 0.312 e. The summed E-state index contributed by atoms with van der Waals surface area (Å²) in [6, 6.07) is 0. The van der Waals surface area contributed by atoms with Gasteiger partial charge < -0.3 is 5.32 Å². The second kappa shape index (κ2) is 5.83. The van der Waals surface area contributed by atoms with E-state index in [4.69, 9.17) is 4.98 Å². The van der Waals surface area contributed by atoms with Crippen LogP contribution < -0.4 is 5.32 Å². The third kappa shape index (κ3) is 3.42. The van der Waals surface area contributed by atoms with Gasteiger partial charge in [0.25, 0.3) is 0 Å². The highest BCUT2D eigenvalue weighted by Crippen LogP contribution is 2.18. The van der Waals surface area contributed by atoms with E-state index in [0.717, 1.165) is 42.7 Å². The van der Waals surface area contributed by atoms with Crippen LogP contribution in [0.3, 0.4) is 0 Å². The Kier molecular flexibility index (Phi) is 4.40. The Hall–Kier alpha value is -0.610. The van der Waals surface area contributed by atoms with E-state index in [-0.39, 0.29) is 0 Å². The van der Waals surface area contributed by atoms with Crippen molar-refractivity contribution in [2.24, 2.45) is 5.92 Å². The zero-order valence-electron chi connectivity index (χ0n) is 10.9. The molecule has 3 nitrogen and oxygen atoms in total. The molecule has 0 atom stereocenters. The van der Waals surface area contributed by atoms with Crippen molar-refractivity contribution in [3.63, 3.8) is 0 Å². The van der Waals surface area contributed by atoms with E-state index < -0.39 is 0 Å². The van der Waals surface area contributed by atoms with Gasteiger partial charge in [-0.25, -0.2) is 9.97 Å². The molecule has 1 N–H and O–H groups in total. The third-order valence-corrected chi connectivity index (χ3v) is 4.23. The summed E-state index contributed by atoms with van der Waals surface area (Å²) in [7, 11) is 0. The van der Waals surface area contributed by atoms with Crippen molar-refractivity contribution >= 4 is 11.8 Å². The van der Waals surface area contributed by atoms with Gasteiger partial charge in [0.1, 0.15) is 5.82 Å². The Morgan fingerprint density at radius 3 is 2.94 bits per heavy atom. The Morgan fingerprint density at radius 2 is 2.18 bits per heavy atom. The van der Waals surface area contributed by atoms with E-state index in [1.807, 2.05) is 11.8 Å². The number of thioether (sulfide) groups is 1. The number of aryl methyl sites for hydroxylation is 1. The minimum Gasteiger partial charge on any atom is -0.312 e. The molecule has 2 rings (SSSR count). The predicted molar refractivity (Wildman–Crippen MR) is 73.2 cm³/mol. The van der Waals surface area contributed by atoms with Crippen LogP contribution in [-0.2, 0) is 18.7 Å². The van der Waals surface area contributed by atoms with Gasteiger partial charge in [0, 0.05) is 30.8 Å². The molecular formula is C13H21N3S. The zero-order valence-corrected chi connectivity index (χ0v) is 11.7. The second-order valence-corrected chi connectivity index (χ2v) is 6.02. The average molecular weight is 251 g/mol. The first-order chi connectivity index (χ1) is 8.16.